The first-order valence-corrected chi connectivity index (χ1v) is 12.3. The third kappa shape index (κ3) is 3.74. The van der Waals surface area contributed by atoms with E-state index in [1.54, 1.807) is 30.4 Å². The minimum absolute atomic E-state index is 0.499. The summed E-state index contributed by atoms with van der Waals surface area (Å²) in [7, 11) is -2.16. The Kier molecular flexibility index (Phi) is 4.44. The Morgan fingerprint density at radius 2 is 2.00 bits per heavy atom. The molecule has 4 aromatic heterocycles. The number of aromatic nitrogens is 7. The standard InChI is InChI=1S/C21H20N7OP/c1-30(2,29)14-27-9-7-17(13-27)19-11-23-20-21(24-19)28(26-25-20)12-15-5-6-18-16(10-15)4-3-8-22-18/h3-11,13H,12,14H2,1-2H3. The lowest BCUT2D eigenvalue weighted by Gasteiger charge is -2.07. The van der Waals surface area contributed by atoms with Crippen molar-refractivity contribution in [1.82, 2.24) is 34.5 Å². The topological polar surface area (TPSA) is 91.4 Å². The third-order valence-corrected chi connectivity index (χ3v) is 5.79. The summed E-state index contributed by atoms with van der Waals surface area (Å²) in [4.78, 5) is 13.5. The van der Waals surface area contributed by atoms with E-state index in [-0.39, 0.29) is 0 Å². The first kappa shape index (κ1) is 18.6. The van der Waals surface area contributed by atoms with Crippen molar-refractivity contribution in [3.63, 3.8) is 0 Å². The average Bonchev–Trinajstić information content (AvgIpc) is 3.33. The van der Waals surface area contributed by atoms with Gasteiger partial charge in [0, 0.05) is 29.5 Å². The molecule has 0 radical (unpaired) electrons. The van der Waals surface area contributed by atoms with Crippen LogP contribution in [0, 0.1) is 0 Å². The van der Waals surface area contributed by atoms with E-state index in [4.69, 9.17) is 4.98 Å². The number of benzene rings is 1. The number of hydrogen-bond donors (Lipinski definition) is 0. The van der Waals surface area contributed by atoms with E-state index < -0.39 is 7.14 Å². The van der Waals surface area contributed by atoms with Crippen LogP contribution in [0.2, 0.25) is 0 Å². The molecule has 1 aromatic carbocycles. The van der Waals surface area contributed by atoms with Gasteiger partial charge in [-0.25, -0.2) is 14.6 Å². The lowest BCUT2D eigenvalue weighted by molar-refractivity contribution is 0.574. The van der Waals surface area contributed by atoms with Crippen molar-refractivity contribution in [3.05, 3.63) is 66.7 Å². The first-order chi connectivity index (χ1) is 14.4. The summed E-state index contributed by atoms with van der Waals surface area (Å²) >= 11 is 0. The Labute approximate surface area is 173 Å². The molecule has 0 saturated heterocycles. The normalized spacial score (nSPS) is 12.1. The van der Waals surface area contributed by atoms with Gasteiger partial charge in [-0.2, -0.15) is 0 Å². The van der Waals surface area contributed by atoms with E-state index in [2.05, 4.69) is 26.3 Å². The van der Waals surface area contributed by atoms with Crippen molar-refractivity contribution in [1.29, 1.82) is 0 Å². The van der Waals surface area contributed by atoms with Crippen LogP contribution >= 0.6 is 7.14 Å². The molecule has 0 saturated carbocycles. The minimum atomic E-state index is -2.16. The molecule has 4 heterocycles. The van der Waals surface area contributed by atoms with Crippen molar-refractivity contribution in [2.75, 3.05) is 13.3 Å². The molecule has 9 heteroatoms. The largest absolute Gasteiger partial charge is 0.346 e. The lowest BCUT2D eigenvalue weighted by Crippen LogP contribution is -2.03. The summed E-state index contributed by atoms with van der Waals surface area (Å²) in [6.45, 7) is 4.10. The van der Waals surface area contributed by atoms with E-state index in [0.29, 0.717) is 24.1 Å². The molecule has 0 amide bonds. The van der Waals surface area contributed by atoms with Gasteiger partial charge in [-0.05, 0) is 43.2 Å². The maximum atomic E-state index is 12.1. The number of fused-ring (bicyclic) bond motifs is 2. The average molecular weight is 417 g/mol. The smallest absolute Gasteiger partial charge is 0.221 e. The van der Waals surface area contributed by atoms with Crippen LogP contribution in [0.25, 0.3) is 33.5 Å². The van der Waals surface area contributed by atoms with E-state index >= 15 is 0 Å². The number of nitrogens with zero attached hydrogens (tertiary/aromatic N) is 7. The molecule has 150 valence electrons. The zero-order chi connectivity index (χ0) is 20.7. The molecule has 0 aliphatic rings. The number of pyridine rings is 1. The summed E-state index contributed by atoms with van der Waals surface area (Å²) in [5.41, 5.74) is 4.83. The van der Waals surface area contributed by atoms with E-state index in [1.807, 2.05) is 47.3 Å². The SMILES string of the molecule is CP(C)(=O)Cn1ccc(-c2cnc3nnn(Cc4ccc5ncccc5c4)c3n2)c1. The predicted octanol–water partition coefficient (Wildman–Crippen LogP) is 3.87. The highest BCUT2D eigenvalue weighted by Crippen LogP contribution is 2.38. The number of hydrogen-bond acceptors (Lipinski definition) is 6. The van der Waals surface area contributed by atoms with Gasteiger partial charge in [0.2, 0.25) is 5.65 Å². The van der Waals surface area contributed by atoms with Crippen molar-refractivity contribution in [2.24, 2.45) is 0 Å². The zero-order valence-corrected chi connectivity index (χ0v) is 17.6. The van der Waals surface area contributed by atoms with Crippen molar-refractivity contribution in [3.8, 4) is 11.3 Å². The Hall–Kier alpha value is -3.38. The quantitative estimate of drug-likeness (QED) is 0.403. The van der Waals surface area contributed by atoms with Gasteiger partial charge < -0.3 is 9.13 Å². The van der Waals surface area contributed by atoms with Gasteiger partial charge in [-0.15, -0.1) is 5.10 Å². The first-order valence-electron chi connectivity index (χ1n) is 9.55. The fourth-order valence-corrected chi connectivity index (χ4v) is 4.43. The molecule has 0 aliphatic carbocycles. The molecule has 0 unspecified atom stereocenters. The maximum absolute atomic E-state index is 12.1. The third-order valence-electron chi connectivity index (χ3n) is 4.78. The van der Waals surface area contributed by atoms with E-state index in [9.17, 15) is 4.57 Å². The van der Waals surface area contributed by atoms with Crippen LogP contribution in [0.3, 0.4) is 0 Å². The van der Waals surface area contributed by atoms with Gasteiger partial charge in [-0.3, -0.25) is 4.98 Å². The zero-order valence-electron chi connectivity index (χ0n) is 16.7. The highest BCUT2D eigenvalue weighted by molar-refractivity contribution is 7.61. The lowest BCUT2D eigenvalue weighted by atomic mass is 10.1. The molecule has 0 N–H and O–H groups in total. The molecule has 0 aliphatic heterocycles. The molecule has 0 fully saturated rings. The van der Waals surface area contributed by atoms with Crippen LogP contribution in [0.1, 0.15) is 5.56 Å². The van der Waals surface area contributed by atoms with Gasteiger partial charge >= 0.3 is 0 Å². The second-order valence-corrected chi connectivity index (χ2v) is 11.2. The van der Waals surface area contributed by atoms with Gasteiger partial charge in [0.05, 0.1) is 30.2 Å². The molecule has 30 heavy (non-hydrogen) atoms. The molecular weight excluding hydrogens is 397 g/mol. The highest BCUT2D eigenvalue weighted by Gasteiger charge is 2.13. The summed E-state index contributed by atoms with van der Waals surface area (Å²) in [5.74, 6) is 0. The van der Waals surface area contributed by atoms with Gasteiger partial charge in [-0.1, -0.05) is 17.3 Å². The fraction of sp³-hybridized carbons (Fsp3) is 0.190. The van der Waals surface area contributed by atoms with E-state index in [1.165, 1.54) is 0 Å². The molecule has 8 nitrogen and oxygen atoms in total. The molecular formula is C21H20N7OP. The Balaban J connectivity index is 1.47. The molecule has 0 bridgehead atoms. The van der Waals surface area contributed by atoms with Crippen LogP contribution < -0.4 is 0 Å². The predicted molar refractivity (Wildman–Crippen MR) is 117 cm³/mol. The van der Waals surface area contributed by atoms with Crippen LogP contribution in [-0.4, -0.2) is 47.8 Å². The van der Waals surface area contributed by atoms with Crippen LogP contribution in [-0.2, 0) is 17.4 Å². The van der Waals surface area contributed by atoms with Crippen molar-refractivity contribution < 1.29 is 4.57 Å². The Morgan fingerprint density at radius 3 is 2.87 bits per heavy atom. The highest BCUT2D eigenvalue weighted by atomic mass is 31.2. The van der Waals surface area contributed by atoms with E-state index in [0.717, 1.165) is 27.7 Å². The van der Waals surface area contributed by atoms with Crippen LogP contribution in [0.15, 0.2) is 61.2 Å². The Morgan fingerprint density at radius 1 is 1.10 bits per heavy atom. The fourth-order valence-electron chi connectivity index (χ4n) is 3.47. The monoisotopic (exact) mass is 417 g/mol. The molecule has 5 aromatic rings. The van der Waals surface area contributed by atoms with Crippen molar-refractivity contribution >= 4 is 29.3 Å². The van der Waals surface area contributed by atoms with Gasteiger partial charge in [0.15, 0.2) is 5.65 Å². The second-order valence-electron chi connectivity index (χ2n) is 7.81. The molecule has 0 spiro atoms. The summed E-state index contributed by atoms with van der Waals surface area (Å²) in [5, 5.41) is 9.47. The minimum Gasteiger partial charge on any atom is -0.346 e. The Bertz CT molecular complexity index is 1420. The van der Waals surface area contributed by atoms with Crippen LogP contribution in [0.5, 0.6) is 0 Å². The van der Waals surface area contributed by atoms with Gasteiger partial charge in [0.1, 0.15) is 7.14 Å². The van der Waals surface area contributed by atoms with Crippen LogP contribution in [0.4, 0.5) is 0 Å². The summed E-state index contributed by atoms with van der Waals surface area (Å²) in [6, 6.07) is 12.1. The summed E-state index contributed by atoms with van der Waals surface area (Å²) < 4.78 is 15.8. The number of rotatable bonds is 5. The van der Waals surface area contributed by atoms with Crippen molar-refractivity contribution in [2.45, 2.75) is 12.8 Å². The second kappa shape index (κ2) is 7.15. The molecule has 5 rings (SSSR count). The van der Waals surface area contributed by atoms with Gasteiger partial charge in [0.25, 0.3) is 0 Å². The maximum Gasteiger partial charge on any atom is 0.221 e. The summed E-state index contributed by atoms with van der Waals surface area (Å²) in [6.07, 6.45) is 7.84. The molecule has 0 atom stereocenters.